The first-order valence-corrected chi connectivity index (χ1v) is 5.99. The van der Waals surface area contributed by atoms with Crippen LogP contribution in [0.25, 0.3) is 22.5 Å². The van der Waals surface area contributed by atoms with E-state index in [4.69, 9.17) is 11.5 Å². The van der Waals surface area contributed by atoms with E-state index in [0.717, 1.165) is 33.9 Å². The average molecular weight is 250 g/mol. The Balaban J connectivity index is 1.95. The summed E-state index contributed by atoms with van der Waals surface area (Å²) in [6.07, 6.45) is 0. The van der Waals surface area contributed by atoms with Crippen molar-refractivity contribution >= 4 is 11.4 Å². The summed E-state index contributed by atoms with van der Waals surface area (Å²) in [6.45, 7) is 0. The van der Waals surface area contributed by atoms with Crippen LogP contribution in [-0.4, -0.2) is 10.2 Å². The van der Waals surface area contributed by atoms with Gasteiger partial charge in [-0.05, 0) is 35.9 Å². The van der Waals surface area contributed by atoms with Crippen LogP contribution in [0.15, 0.2) is 54.6 Å². The Morgan fingerprint density at radius 2 is 1.26 bits per heavy atom. The third-order valence-corrected chi connectivity index (χ3v) is 3.01. The van der Waals surface area contributed by atoms with Gasteiger partial charge < -0.3 is 11.5 Å². The largest absolute Gasteiger partial charge is 0.399 e. The lowest BCUT2D eigenvalue weighted by molar-refractivity contribution is 1.10. The number of H-pyrrole nitrogens is 1. The van der Waals surface area contributed by atoms with Gasteiger partial charge in [0, 0.05) is 16.9 Å². The van der Waals surface area contributed by atoms with E-state index in [1.807, 2.05) is 54.6 Å². The first-order chi connectivity index (χ1) is 9.22. The van der Waals surface area contributed by atoms with Crippen molar-refractivity contribution in [1.29, 1.82) is 0 Å². The summed E-state index contributed by atoms with van der Waals surface area (Å²) in [6, 6.07) is 17.3. The van der Waals surface area contributed by atoms with E-state index in [2.05, 4.69) is 10.2 Å². The molecule has 0 saturated heterocycles. The molecule has 0 atom stereocenters. The number of nitrogen functional groups attached to an aromatic ring is 2. The lowest BCUT2D eigenvalue weighted by Crippen LogP contribution is -1.83. The molecule has 5 N–H and O–H groups in total. The molecule has 94 valence electrons. The van der Waals surface area contributed by atoms with Crippen molar-refractivity contribution in [2.24, 2.45) is 0 Å². The second-order valence-electron chi connectivity index (χ2n) is 4.41. The zero-order valence-corrected chi connectivity index (χ0v) is 10.3. The number of benzene rings is 2. The molecule has 0 fully saturated rings. The van der Waals surface area contributed by atoms with E-state index in [9.17, 15) is 0 Å². The smallest absolute Gasteiger partial charge is 0.0927 e. The number of nitrogens with two attached hydrogens (primary N) is 2. The van der Waals surface area contributed by atoms with Crippen LogP contribution in [0.3, 0.4) is 0 Å². The zero-order valence-electron chi connectivity index (χ0n) is 10.3. The fourth-order valence-corrected chi connectivity index (χ4v) is 1.93. The van der Waals surface area contributed by atoms with Crippen molar-refractivity contribution in [1.82, 2.24) is 10.2 Å². The molecule has 3 rings (SSSR count). The maximum atomic E-state index is 5.68. The lowest BCUT2D eigenvalue weighted by atomic mass is 10.1. The summed E-state index contributed by atoms with van der Waals surface area (Å²) in [4.78, 5) is 0. The first kappa shape index (κ1) is 11.3. The maximum absolute atomic E-state index is 5.68. The first-order valence-electron chi connectivity index (χ1n) is 5.99. The molecule has 0 unspecified atom stereocenters. The van der Waals surface area contributed by atoms with Gasteiger partial charge in [0.25, 0.3) is 0 Å². The van der Waals surface area contributed by atoms with Crippen LogP contribution in [-0.2, 0) is 0 Å². The SMILES string of the molecule is Nc1ccc(-c2cc(-c3ccc(N)cc3)[nH]n2)cc1. The van der Waals surface area contributed by atoms with Crippen LogP contribution in [0.4, 0.5) is 11.4 Å². The van der Waals surface area contributed by atoms with Gasteiger partial charge in [0.05, 0.1) is 11.4 Å². The second kappa shape index (κ2) is 4.49. The summed E-state index contributed by atoms with van der Waals surface area (Å²) in [5, 5.41) is 7.35. The molecule has 1 heterocycles. The van der Waals surface area contributed by atoms with E-state index < -0.39 is 0 Å². The van der Waals surface area contributed by atoms with Crippen LogP contribution >= 0.6 is 0 Å². The summed E-state index contributed by atoms with van der Waals surface area (Å²) in [7, 11) is 0. The third kappa shape index (κ3) is 2.28. The molecule has 1 aromatic heterocycles. The van der Waals surface area contributed by atoms with Gasteiger partial charge >= 0.3 is 0 Å². The Hall–Kier alpha value is -2.75. The minimum absolute atomic E-state index is 0.748. The van der Waals surface area contributed by atoms with Gasteiger partial charge in [-0.2, -0.15) is 5.10 Å². The number of nitrogens with zero attached hydrogens (tertiary/aromatic N) is 1. The van der Waals surface area contributed by atoms with Crippen molar-refractivity contribution in [3.05, 3.63) is 54.6 Å². The summed E-state index contributed by atoms with van der Waals surface area (Å²) in [5.41, 5.74) is 16.8. The van der Waals surface area contributed by atoms with Gasteiger partial charge in [0.1, 0.15) is 0 Å². The number of rotatable bonds is 2. The molecule has 0 amide bonds. The number of aromatic amines is 1. The van der Waals surface area contributed by atoms with Crippen LogP contribution in [0.1, 0.15) is 0 Å². The molecule has 0 bridgehead atoms. The van der Waals surface area contributed by atoms with Gasteiger partial charge in [0.15, 0.2) is 0 Å². The Labute approximate surface area is 111 Å². The van der Waals surface area contributed by atoms with Crippen LogP contribution < -0.4 is 11.5 Å². The molecule has 2 aromatic carbocycles. The topological polar surface area (TPSA) is 80.7 Å². The Bertz CT molecular complexity index is 621. The highest BCUT2D eigenvalue weighted by atomic mass is 15.1. The van der Waals surface area contributed by atoms with Crippen LogP contribution in [0.2, 0.25) is 0 Å². The highest BCUT2D eigenvalue weighted by Gasteiger charge is 2.05. The van der Waals surface area contributed by atoms with Gasteiger partial charge in [0.2, 0.25) is 0 Å². The predicted molar refractivity (Wildman–Crippen MR) is 78.3 cm³/mol. The molecule has 0 spiro atoms. The highest BCUT2D eigenvalue weighted by molar-refractivity contribution is 5.69. The summed E-state index contributed by atoms with van der Waals surface area (Å²) in [5.74, 6) is 0. The molecule has 0 radical (unpaired) electrons. The van der Waals surface area contributed by atoms with Gasteiger partial charge in [-0.15, -0.1) is 0 Å². The number of hydrogen-bond acceptors (Lipinski definition) is 3. The highest BCUT2D eigenvalue weighted by Crippen LogP contribution is 2.24. The van der Waals surface area contributed by atoms with Gasteiger partial charge in [-0.25, -0.2) is 0 Å². The van der Waals surface area contributed by atoms with Gasteiger partial charge in [-0.3, -0.25) is 5.10 Å². The molecular formula is C15H14N4. The Kier molecular flexibility index (Phi) is 2.68. The summed E-state index contributed by atoms with van der Waals surface area (Å²) < 4.78 is 0. The van der Waals surface area contributed by atoms with Crippen molar-refractivity contribution in [2.75, 3.05) is 11.5 Å². The number of hydrogen-bond donors (Lipinski definition) is 3. The third-order valence-electron chi connectivity index (χ3n) is 3.01. The maximum Gasteiger partial charge on any atom is 0.0927 e. The molecule has 3 aromatic rings. The predicted octanol–water partition coefficient (Wildman–Crippen LogP) is 2.91. The Morgan fingerprint density at radius 3 is 1.84 bits per heavy atom. The molecule has 0 aliphatic carbocycles. The standard InChI is InChI=1S/C15H14N4/c16-12-5-1-10(2-6-12)14-9-15(19-18-14)11-3-7-13(17)8-4-11/h1-9H,16-17H2,(H,18,19). The minimum Gasteiger partial charge on any atom is -0.399 e. The minimum atomic E-state index is 0.748. The van der Waals surface area contributed by atoms with E-state index in [1.54, 1.807) is 0 Å². The fraction of sp³-hybridized carbons (Fsp3) is 0. The van der Waals surface area contributed by atoms with Crippen molar-refractivity contribution in [3.63, 3.8) is 0 Å². The zero-order chi connectivity index (χ0) is 13.2. The Morgan fingerprint density at radius 1 is 0.737 bits per heavy atom. The number of aromatic nitrogens is 2. The van der Waals surface area contributed by atoms with Crippen LogP contribution in [0, 0.1) is 0 Å². The van der Waals surface area contributed by atoms with E-state index >= 15 is 0 Å². The molecular weight excluding hydrogens is 236 g/mol. The normalized spacial score (nSPS) is 10.5. The van der Waals surface area contributed by atoms with Crippen molar-refractivity contribution in [2.45, 2.75) is 0 Å². The molecule has 19 heavy (non-hydrogen) atoms. The fourth-order valence-electron chi connectivity index (χ4n) is 1.93. The molecule has 0 aliphatic rings. The summed E-state index contributed by atoms with van der Waals surface area (Å²) >= 11 is 0. The second-order valence-corrected chi connectivity index (χ2v) is 4.41. The molecule has 4 heteroatoms. The van der Waals surface area contributed by atoms with E-state index in [-0.39, 0.29) is 0 Å². The molecule has 4 nitrogen and oxygen atoms in total. The monoisotopic (exact) mass is 250 g/mol. The molecule has 0 saturated carbocycles. The number of anilines is 2. The van der Waals surface area contributed by atoms with E-state index in [1.165, 1.54) is 0 Å². The van der Waals surface area contributed by atoms with Crippen molar-refractivity contribution < 1.29 is 0 Å². The van der Waals surface area contributed by atoms with Gasteiger partial charge in [-0.1, -0.05) is 24.3 Å². The quantitative estimate of drug-likeness (QED) is 0.612. The lowest BCUT2D eigenvalue weighted by Gasteiger charge is -1.97. The molecule has 0 aliphatic heterocycles. The van der Waals surface area contributed by atoms with Crippen molar-refractivity contribution in [3.8, 4) is 22.5 Å². The van der Waals surface area contributed by atoms with E-state index in [0.29, 0.717) is 0 Å². The average Bonchev–Trinajstić information content (AvgIpc) is 2.90. The van der Waals surface area contributed by atoms with Crippen LogP contribution in [0.5, 0.6) is 0 Å². The number of nitrogens with one attached hydrogen (secondary N) is 1.